The molecule has 0 saturated carbocycles. The number of furan rings is 1. The Kier molecular flexibility index (Phi) is 6.12. The van der Waals surface area contributed by atoms with Gasteiger partial charge in [0, 0.05) is 10.9 Å². The summed E-state index contributed by atoms with van der Waals surface area (Å²) in [6.45, 7) is 3.59. The van der Waals surface area contributed by atoms with Crippen molar-refractivity contribution in [2.75, 3.05) is 7.05 Å². The van der Waals surface area contributed by atoms with Crippen molar-refractivity contribution in [2.45, 2.75) is 26.3 Å². The van der Waals surface area contributed by atoms with Crippen LogP contribution < -0.4 is 5.32 Å². The lowest BCUT2D eigenvalue weighted by molar-refractivity contribution is -0.118. The van der Waals surface area contributed by atoms with Gasteiger partial charge in [0.2, 0.25) is 0 Å². The molecule has 0 saturated heterocycles. The Morgan fingerprint density at radius 2 is 1.74 bits per heavy atom. The summed E-state index contributed by atoms with van der Waals surface area (Å²) in [6, 6.07) is 20.3. The van der Waals surface area contributed by atoms with Gasteiger partial charge in [-0.15, -0.1) is 0 Å². The van der Waals surface area contributed by atoms with E-state index in [0.29, 0.717) is 0 Å². The van der Waals surface area contributed by atoms with Crippen molar-refractivity contribution in [3.63, 3.8) is 0 Å². The molecule has 120 valence electrons. The molecule has 0 fully saturated rings. The molecule has 1 aromatic heterocycles. The number of rotatable bonds is 4. The number of ketones is 1. The van der Waals surface area contributed by atoms with E-state index in [2.05, 4.69) is 29.6 Å². The lowest BCUT2D eigenvalue weighted by Gasteiger charge is -2.07. The molecule has 3 rings (SSSR count). The van der Waals surface area contributed by atoms with Crippen LogP contribution in [0.1, 0.15) is 20.3 Å². The lowest BCUT2D eigenvalue weighted by Crippen LogP contribution is -2.31. The standard InChI is InChI=1S/C14H10O.C6H13NO/c1-2-6-11(7-3-1)14-10-12-8-4-5-9-13(12)15-14;1-4-6(7-3)5(2)8/h1-10H;6-7H,4H2,1-3H3/t;6-/m.0/s1. The molecule has 1 atom stereocenters. The molecule has 3 nitrogen and oxygen atoms in total. The van der Waals surface area contributed by atoms with Gasteiger partial charge in [-0.1, -0.05) is 55.5 Å². The SMILES string of the molecule is CC[C@H](NC)C(C)=O.c1ccc(-c2cc3ccccc3o2)cc1. The van der Waals surface area contributed by atoms with Gasteiger partial charge < -0.3 is 9.73 Å². The largest absolute Gasteiger partial charge is 0.456 e. The smallest absolute Gasteiger partial charge is 0.146 e. The number of hydrogen-bond acceptors (Lipinski definition) is 3. The fraction of sp³-hybridized carbons (Fsp3) is 0.250. The summed E-state index contributed by atoms with van der Waals surface area (Å²) in [6.07, 6.45) is 0.881. The number of carbonyl (C=O) groups is 1. The van der Waals surface area contributed by atoms with Crippen molar-refractivity contribution >= 4 is 16.8 Å². The van der Waals surface area contributed by atoms with E-state index in [9.17, 15) is 4.79 Å². The molecule has 3 heteroatoms. The van der Waals surface area contributed by atoms with Crippen LogP contribution in [0.3, 0.4) is 0 Å². The zero-order valence-corrected chi connectivity index (χ0v) is 13.9. The fourth-order valence-corrected chi connectivity index (χ4v) is 2.42. The lowest BCUT2D eigenvalue weighted by atomic mass is 10.1. The molecule has 23 heavy (non-hydrogen) atoms. The van der Waals surface area contributed by atoms with Gasteiger partial charge in [-0.25, -0.2) is 0 Å². The third-order valence-electron chi connectivity index (χ3n) is 3.73. The Balaban J connectivity index is 0.000000207. The second kappa shape index (κ2) is 8.30. The van der Waals surface area contributed by atoms with Crippen LogP contribution >= 0.6 is 0 Å². The number of likely N-dealkylation sites (N-methyl/N-ethyl adjacent to an activating group) is 1. The summed E-state index contributed by atoms with van der Waals surface area (Å²) in [5, 5.41) is 4.05. The highest BCUT2D eigenvalue weighted by molar-refractivity contribution is 5.82. The molecular weight excluding hydrogens is 286 g/mol. The Morgan fingerprint density at radius 3 is 2.26 bits per heavy atom. The summed E-state index contributed by atoms with van der Waals surface area (Å²) in [4.78, 5) is 10.5. The van der Waals surface area contributed by atoms with E-state index in [4.69, 9.17) is 4.42 Å². The normalized spacial score (nSPS) is 11.6. The first-order chi connectivity index (χ1) is 11.2. The molecule has 0 bridgehead atoms. The first-order valence-electron chi connectivity index (χ1n) is 7.87. The minimum Gasteiger partial charge on any atom is -0.456 e. The first kappa shape index (κ1) is 17.0. The minimum atomic E-state index is 0.0648. The second-order valence-corrected chi connectivity index (χ2v) is 5.37. The molecule has 0 aliphatic heterocycles. The zero-order chi connectivity index (χ0) is 16.7. The van der Waals surface area contributed by atoms with Crippen LogP contribution in [-0.4, -0.2) is 18.9 Å². The van der Waals surface area contributed by atoms with E-state index in [0.717, 1.165) is 28.7 Å². The molecular formula is C20H23NO2. The number of para-hydroxylation sites is 1. The monoisotopic (exact) mass is 309 g/mol. The Labute approximate surface area is 137 Å². The second-order valence-electron chi connectivity index (χ2n) is 5.37. The topological polar surface area (TPSA) is 42.2 Å². The first-order valence-corrected chi connectivity index (χ1v) is 7.87. The third-order valence-corrected chi connectivity index (χ3v) is 3.73. The average Bonchev–Trinajstić information content (AvgIpc) is 3.01. The number of benzene rings is 2. The molecule has 0 unspecified atom stereocenters. The van der Waals surface area contributed by atoms with Crippen LogP contribution in [0.25, 0.3) is 22.3 Å². The van der Waals surface area contributed by atoms with Gasteiger partial charge in [0.15, 0.2) is 0 Å². The maximum absolute atomic E-state index is 10.5. The maximum atomic E-state index is 10.5. The van der Waals surface area contributed by atoms with Crippen LogP contribution in [0.5, 0.6) is 0 Å². The minimum absolute atomic E-state index is 0.0648. The number of Topliss-reactive ketones (excluding diaryl/α,β-unsaturated/α-hetero) is 1. The van der Waals surface area contributed by atoms with Gasteiger partial charge in [-0.2, -0.15) is 0 Å². The molecule has 3 aromatic rings. The summed E-state index contributed by atoms with van der Waals surface area (Å²) >= 11 is 0. The average molecular weight is 309 g/mol. The highest BCUT2D eigenvalue weighted by atomic mass is 16.3. The fourth-order valence-electron chi connectivity index (χ4n) is 2.42. The van der Waals surface area contributed by atoms with Crippen molar-refractivity contribution in [3.05, 3.63) is 60.7 Å². The van der Waals surface area contributed by atoms with Crippen molar-refractivity contribution in [2.24, 2.45) is 0 Å². The van der Waals surface area contributed by atoms with Crippen LogP contribution in [0, 0.1) is 0 Å². The van der Waals surface area contributed by atoms with Crippen molar-refractivity contribution in [1.29, 1.82) is 0 Å². The molecule has 0 amide bonds. The van der Waals surface area contributed by atoms with Gasteiger partial charge in [0.25, 0.3) is 0 Å². The van der Waals surface area contributed by atoms with Gasteiger partial charge in [-0.05, 0) is 32.5 Å². The summed E-state index contributed by atoms with van der Waals surface area (Å²) in [5.74, 6) is 1.15. The van der Waals surface area contributed by atoms with Gasteiger partial charge in [-0.3, -0.25) is 4.79 Å². The van der Waals surface area contributed by atoms with E-state index >= 15 is 0 Å². The van der Waals surface area contributed by atoms with Gasteiger partial charge in [0.05, 0.1) is 6.04 Å². The maximum Gasteiger partial charge on any atom is 0.146 e. The van der Waals surface area contributed by atoms with Crippen LogP contribution in [0.2, 0.25) is 0 Å². The summed E-state index contributed by atoms with van der Waals surface area (Å²) < 4.78 is 5.75. The molecule has 1 N–H and O–H groups in total. The molecule has 0 aliphatic rings. The predicted octanol–water partition coefficient (Wildman–Crippen LogP) is 4.67. The molecule has 0 aliphatic carbocycles. The number of hydrogen-bond donors (Lipinski definition) is 1. The van der Waals surface area contributed by atoms with Crippen LogP contribution in [0.15, 0.2) is 65.1 Å². The van der Waals surface area contributed by atoms with Crippen molar-refractivity contribution < 1.29 is 9.21 Å². The molecule has 2 aromatic carbocycles. The Hall–Kier alpha value is -2.39. The van der Waals surface area contributed by atoms with Gasteiger partial charge in [0.1, 0.15) is 17.1 Å². The Bertz CT molecular complexity index is 709. The van der Waals surface area contributed by atoms with E-state index in [1.165, 1.54) is 0 Å². The Morgan fingerprint density at radius 1 is 1.09 bits per heavy atom. The molecule has 0 spiro atoms. The highest BCUT2D eigenvalue weighted by Crippen LogP contribution is 2.27. The van der Waals surface area contributed by atoms with Gasteiger partial charge >= 0.3 is 0 Å². The number of nitrogens with one attached hydrogen (secondary N) is 1. The van der Waals surface area contributed by atoms with E-state index in [1.54, 1.807) is 14.0 Å². The molecule has 1 heterocycles. The highest BCUT2D eigenvalue weighted by Gasteiger charge is 2.06. The zero-order valence-electron chi connectivity index (χ0n) is 13.9. The van der Waals surface area contributed by atoms with Crippen molar-refractivity contribution in [1.82, 2.24) is 5.32 Å². The number of fused-ring (bicyclic) bond motifs is 1. The molecule has 0 radical (unpaired) electrons. The predicted molar refractivity (Wildman–Crippen MR) is 95.5 cm³/mol. The van der Waals surface area contributed by atoms with Crippen molar-refractivity contribution in [3.8, 4) is 11.3 Å². The van der Waals surface area contributed by atoms with Crippen LogP contribution in [0.4, 0.5) is 0 Å². The van der Waals surface area contributed by atoms with Crippen LogP contribution in [-0.2, 0) is 4.79 Å². The van der Waals surface area contributed by atoms with E-state index in [-0.39, 0.29) is 11.8 Å². The third kappa shape index (κ3) is 4.54. The summed E-state index contributed by atoms with van der Waals surface area (Å²) in [7, 11) is 1.80. The van der Waals surface area contributed by atoms with E-state index in [1.807, 2.05) is 43.3 Å². The van der Waals surface area contributed by atoms with E-state index < -0.39 is 0 Å². The quantitative estimate of drug-likeness (QED) is 0.761. The summed E-state index contributed by atoms with van der Waals surface area (Å²) in [5.41, 5.74) is 2.06. The number of carbonyl (C=O) groups excluding carboxylic acids is 1.